The van der Waals surface area contributed by atoms with E-state index in [1.54, 1.807) is 0 Å². The number of aromatic nitrogens is 1. The number of anilines is 2. The van der Waals surface area contributed by atoms with E-state index in [2.05, 4.69) is 16.6 Å². The van der Waals surface area contributed by atoms with Gasteiger partial charge in [-0.1, -0.05) is 6.42 Å². The minimum absolute atomic E-state index is 0.119. The molecule has 0 radical (unpaired) electrons. The van der Waals surface area contributed by atoms with Gasteiger partial charge in [-0.05, 0) is 31.6 Å². The summed E-state index contributed by atoms with van der Waals surface area (Å²) in [5, 5.41) is 12.9. The molecule has 1 aliphatic carbocycles. The van der Waals surface area contributed by atoms with Crippen LogP contribution in [-0.2, 0) is 0 Å². The van der Waals surface area contributed by atoms with Crippen molar-refractivity contribution in [2.75, 3.05) is 17.3 Å². The highest BCUT2D eigenvalue weighted by Crippen LogP contribution is 2.29. The average Bonchev–Trinajstić information content (AvgIpc) is 2.41. The monoisotopic (exact) mass is 281 g/mol. The molecule has 2 atom stereocenters. The van der Waals surface area contributed by atoms with Crippen molar-refractivity contribution in [1.82, 2.24) is 4.98 Å². The molecular formula is C13H19N3O2S. The molecule has 0 amide bonds. The third-order valence-electron chi connectivity index (χ3n) is 3.46. The van der Waals surface area contributed by atoms with Gasteiger partial charge in [0.2, 0.25) is 0 Å². The summed E-state index contributed by atoms with van der Waals surface area (Å²) in [5.74, 6) is -0.414. The Balaban J connectivity index is 2.04. The molecule has 1 aromatic heterocycles. The number of carboxylic acid groups (broad SMARTS) is 1. The largest absolute Gasteiger partial charge is 0.478 e. The number of thioether (sulfide) groups is 1. The maximum absolute atomic E-state index is 10.8. The van der Waals surface area contributed by atoms with Crippen molar-refractivity contribution < 1.29 is 9.90 Å². The summed E-state index contributed by atoms with van der Waals surface area (Å²) in [5.41, 5.74) is 6.36. The Hall–Kier alpha value is -1.43. The van der Waals surface area contributed by atoms with Gasteiger partial charge in [0.25, 0.3) is 0 Å². The molecule has 19 heavy (non-hydrogen) atoms. The molecule has 1 heterocycles. The second-order valence-corrected chi connectivity index (χ2v) is 5.97. The number of nitrogens with one attached hydrogen (secondary N) is 1. The zero-order valence-electron chi connectivity index (χ0n) is 10.9. The van der Waals surface area contributed by atoms with Crippen molar-refractivity contribution in [3.63, 3.8) is 0 Å². The first-order chi connectivity index (χ1) is 9.10. The van der Waals surface area contributed by atoms with Gasteiger partial charge in [0.15, 0.2) is 0 Å². The quantitative estimate of drug-likeness (QED) is 0.785. The second kappa shape index (κ2) is 6.14. The minimum atomic E-state index is -1.01. The SMILES string of the molecule is CSC1CCCC(Nc2ncc(C(=O)O)cc2N)C1. The number of nitrogens with zero attached hydrogens (tertiary/aromatic N) is 1. The maximum Gasteiger partial charge on any atom is 0.337 e. The maximum atomic E-state index is 10.8. The molecule has 2 rings (SSSR count). The van der Waals surface area contributed by atoms with Crippen molar-refractivity contribution in [1.29, 1.82) is 0 Å². The lowest BCUT2D eigenvalue weighted by atomic mass is 9.95. The van der Waals surface area contributed by atoms with Gasteiger partial charge in [-0.3, -0.25) is 0 Å². The summed E-state index contributed by atoms with van der Waals surface area (Å²) in [6.07, 6.45) is 8.16. The van der Waals surface area contributed by atoms with Crippen LogP contribution in [0.2, 0.25) is 0 Å². The number of carbonyl (C=O) groups is 1. The first kappa shape index (κ1) is 14.0. The molecule has 1 fully saturated rings. The summed E-state index contributed by atoms with van der Waals surface area (Å²) in [6.45, 7) is 0. The van der Waals surface area contributed by atoms with Crippen LogP contribution in [0.15, 0.2) is 12.3 Å². The lowest BCUT2D eigenvalue weighted by Crippen LogP contribution is -2.29. The van der Waals surface area contributed by atoms with E-state index in [4.69, 9.17) is 10.8 Å². The predicted molar refractivity (Wildman–Crippen MR) is 78.8 cm³/mol. The molecule has 0 saturated heterocycles. The zero-order valence-corrected chi connectivity index (χ0v) is 11.7. The Morgan fingerprint density at radius 3 is 3.00 bits per heavy atom. The van der Waals surface area contributed by atoms with E-state index in [0.29, 0.717) is 22.8 Å². The van der Waals surface area contributed by atoms with E-state index in [9.17, 15) is 4.79 Å². The van der Waals surface area contributed by atoms with Crippen molar-refractivity contribution >= 4 is 29.2 Å². The third-order valence-corrected chi connectivity index (χ3v) is 4.56. The second-order valence-electron chi connectivity index (χ2n) is 4.83. The fourth-order valence-electron chi connectivity index (χ4n) is 2.40. The fraction of sp³-hybridized carbons (Fsp3) is 0.538. The van der Waals surface area contributed by atoms with Gasteiger partial charge in [-0.15, -0.1) is 0 Å². The van der Waals surface area contributed by atoms with Gasteiger partial charge in [-0.2, -0.15) is 11.8 Å². The van der Waals surface area contributed by atoms with E-state index < -0.39 is 5.97 Å². The van der Waals surface area contributed by atoms with Gasteiger partial charge in [-0.25, -0.2) is 9.78 Å². The molecule has 5 nitrogen and oxygen atoms in total. The van der Waals surface area contributed by atoms with Crippen molar-refractivity contribution in [3.05, 3.63) is 17.8 Å². The van der Waals surface area contributed by atoms with Crippen LogP contribution in [0.3, 0.4) is 0 Å². The first-order valence-corrected chi connectivity index (χ1v) is 7.67. The van der Waals surface area contributed by atoms with E-state index in [1.807, 2.05) is 11.8 Å². The number of nitrogens with two attached hydrogens (primary N) is 1. The van der Waals surface area contributed by atoms with Crippen LogP contribution in [-0.4, -0.2) is 33.6 Å². The zero-order chi connectivity index (χ0) is 13.8. The van der Waals surface area contributed by atoms with Gasteiger partial charge in [0.1, 0.15) is 5.82 Å². The molecule has 0 aromatic carbocycles. The molecule has 4 N–H and O–H groups in total. The number of aromatic carboxylic acids is 1. The van der Waals surface area contributed by atoms with Crippen LogP contribution >= 0.6 is 11.8 Å². The third kappa shape index (κ3) is 3.53. The number of hydrogen-bond acceptors (Lipinski definition) is 5. The highest BCUT2D eigenvalue weighted by molar-refractivity contribution is 7.99. The molecular weight excluding hydrogens is 262 g/mol. The molecule has 0 bridgehead atoms. The number of nitrogen functional groups attached to an aromatic ring is 1. The summed E-state index contributed by atoms with van der Waals surface area (Å²) >= 11 is 1.90. The van der Waals surface area contributed by atoms with Crippen LogP contribution < -0.4 is 11.1 Å². The lowest BCUT2D eigenvalue weighted by Gasteiger charge is -2.29. The molecule has 1 aliphatic rings. The molecule has 6 heteroatoms. The van der Waals surface area contributed by atoms with Gasteiger partial charge in [0.05, 0.1) is 11.3 Å². The first-order valence-electron chi connectivity index (χ1n) is 6.38. The van der Waals surface area contributed by atoms with Crippen LogP contribution in [0, 0.1) is 0 Å². The standard InChI is InChI=1S/C13H19N3O2S/c1-19-10-4-2-3-9(6-10)16-12-11(14)5-8(7-15-12)13(17)18/h5,7,9-10H,2-4,6,14H2,1H3,(H,15,16)(H,17,18). The van der Waals surface area contributed by atoms with Crippen molar-refractivity contribution in [2.24, 2.45) is 0 Å². The highest BCUT2D eigenvalue weighted by atomic mass is 32.2. The van der Waals surface area contributed by atoms with Gasteiger partial charge < -0.3 is 16.2 Å². The van der Waals surface area contributed by atoms with Crippen LogP contribution in [0.5, 0.6) is 0 Å². The van der Waals surface area contributed by atoms with Gasteiger partial charge in [0, 0.05) is 17.5 Å². The number of rotatable bonds is 4. The normalized spacial score (nSPS) is 23.0. The van der Waals surface area contributed by atoms with Crippen molar-refractivity contribution in [3.8, 4) is 0 Å². The molecule has 2 unspecified atom stereocenters. The number of pyridine rings is 1. The Kier molecular flexibility index (Phi) is 4.52. The van der Waals surface area contributed by atoms with Crippen molar-refractivity contribution in [2.45, 2.75) is 37.0 Å². The van der Waals surface area contributed by atoms with Crippen LogP contribution in [0.25, 0.3) is 0 Å². The van der Waals surface area contributed by atoms with E-state index in [0.717, 1.165) is 12.8 Å². The Morgan fingerprint density at radius 2 is 2.37 bits per heavy atom. The molecule has 1 aromatic rings. The minimum Gasteiger partial charge on any atom is -0.478 e. The smallest absolute Gasteiger partial charge is 0.337 e. The summed E-state index contributed by atoms with van der Waals surface area (Å²) in [7, 11) is 0. The molecule has 0 spiro atoms. The van der Waals surface area contributed by atoms with Crippen LogP contribution in [0.4, 0.5) is 11.5 Å². The number of hydrogen-bond donors (Lipinski definition) is 3. The predicted octanol–water partition coefficient (Wildman–Crippen LogP) is 2.45. The molecule has 1 saturated carbocycles. The summed E-state index contributed by atoms with van der Waals surface area (Å²) < 4.78 is 0. The summed E-state index contributed by atoms with van der Waals surface area (Å²) in [6, 6.07) is 1.82. The van der Waals surface area contributed by atoms with E-state index >= 15 is 0 Å². The average molecular weight is 281 g/mol. The lowest BCUT2D eigenvalue weighted by molar-refractivity contribution is 0.0696. The summed E-state index contributed by atoms with van der Waals surface area (Å²) in [4.78, 5) is 14.9. The number of carboxylic acids is 1. The topological polar surface area (TPSA) is 88.2 Å². The van der Waals surface area contributed by atoms with E-state index in [1.165, 1.54) is 25.1 Å². The van der Waals surface area contributed by atoms with Gasteiger partial charge >= 0.3 is 5.97 Å². The Labute approximate surface area is 117 Å². The van der Waals surface area contributed by atoms with E-state index in [-0.39, 0.29) is 5.56 Å². The fourth-order valence-corrected chi connectivity index (χ4v) is 3.23. The van der Waals surface area contributed by atoms with Crippen LogP contribution in [0.1, 0.15) is 36.0 Å². The molecule has 0 aliphatic heterocycles. The Bertz CT molecular complexity index is 467. The highest BCUT2D eigenvalue weighted by Gasteiger charge is 2.22. The molecule has 104 valence electrons. The Morgan fingerprint density at radius 1 is 1.58 bits per heavy atom.